The van der Waals surface area contributed by atoms with E-state index in [-0.39, 0.29) is 0 Å². The summed E-state index contributed by atoms with van der Waals surface area (Å²) in [6, 6.07) is 10.9. The zero-order valence-electron chi connectivity index (χ0n) is 12.5. The molecule has 0 saturated carbocycles. The van der Waals surface area contributed by atoms with Crippen LogP contribution in [0.2, 0.25) is 0 Å². The first-order chi connectivity index (χ1) is 9.83. The molecule has 0 unspecified atom stereocenters. The Balaban J connectivity index is 2.44. The van der Waals surface area contributed by atoms with Crippen LogP contribution >= 0.6 is 0 Å². The molecule has 112 valence electrons. The van der Waals surface area contributed by atoms with Gasteiger partial charge in [0.2, 0.25) is 0 Å². The van der Waals surface area contributed by atoms with Crippen LogP contribution in [0.15, 0.2) is 41.3 Å². The molecule has 21 heavy (non-hydrogen) atoms. The Morgan fingerprint density at radius 2 is 1.67 bits per heavy atom. The van der Waals surface area contributed by atoms with Crippen molar-refractivity contribution < 1.29 is 8.42 Å². The summed E-state index contributed by atoms with van der Waals surface area (Å²) in [7, 11) is -3.60. The second kappa shape index (κ2) is 5.87. The maximum absolute atomic E-state index is 12.6. The van der Waals surface area contributed by atoms with Crippen molar-refractivity contribution in [1.29, 1.82) is 0 Å². The van der Waals surface area contributed by atoms with E-state index in [9.17, 15) is 8.42 Å². The summed E-state index contributed by atoms with van der Waals surface area (Å²) in [6.07, 6.45) is 0. The summed E-state index contributed by atoms with van der Waals surface area (Å²) in [6.45, 7) is 5.90. The van der Waals surface area contributed by atoms with Crippen molar-refractivity contribution in [1.82, 2.24) is 0 Å². The number of hydrogen-bond acceptors (Lipinski definition) is 3. The van der Waals surface area contributed by atoms with Crippen LogP contribution in [0.1, 0.15) is 22.3 Å². The fourth-order valence-electron chi connectivity index (χ4n) is 2.10. The van der Waals surface area contributed by atoms with Gasteiger partial charge in [-0.05, 0) is 55.2 Å². The molecule has 0 radical (unpaired) electrons. The van der Waals surface area contributed by atoms with Crippen LogP contribution < -0.4 is 10.5 Å². The van der Waals surface area contributed by atoms with Crippen LogP contribution in [0.25, 0.3) is 0 Å². The topological polar surface area (TPSA) is 72.2 Å². The molecule has 0 aliphatic carbocycles. The lowest BCUT2D eigenvalue weighted by molar-refractivity contribution is 0.600. The lowest BCUT2D eigenvalue weighted by Gasteiger charge is -2.14. The van der Waals surface area contributed by atoms with E-state index in [0.717, 1.165) is 22.3 Å². The van der Waals surface area contributed by atoms with E-state index in [4.69, 9.17) is 5.73 Å². The van der Waals surface area contributed by atoms with E-state index < -0.39 is 10.0 Å². The van der Waals surface area contributed by atoms with Gasteiger partial charge in [-0.25, -0.2) is 8.42 Å². The van der Waals surface area contributed by atoms with Crippen molar-refractivity contribution in [2.75, 3.05) is 4.72 Å². The van der Waals surface area contributed by atoms with E-state index in [1.165, 1.54) is 0 Å². The highest BCUT2D eigenvalue weighted by Crippen LogP contribution is 2.23. The molecular formula is C16H20N2O2S. The number of nitrogens with one attached hydrogen (secondary N) is 1. The molecule has 3 N–H and O–H groups in total. The molecular weight excluding hydrogens is 284 g/mol. The van der Waals surface area contributed by atoms with Gasteiger partial charge in [-0.2, -0.15) is 0 Å². The van der Waals surface area contributed by atoms with Crippen LogP contribution in [-0.2, 0) is 16.6 Å². The second-order valence-electron chi connectivity index (χ2n) is 5.23. The monoisotopic (exact) mass is 304 g/mol. The predicted molar refractivity (Wildman–Crippen MR) is 85.8 cm³/mol. The van der Waals surface area contributed by atoms with E-state index in [2.05, 4.69) is 4.72 Å². The first kappa shape index (κ1) is 15.5. The molecule has 0 fully saturated rings. The summed E-state index contributed by atoms with van der Waals surface area (Å²) < 4.78 is 27.8. The molecule has 0 aliphatic heterocycles. The van der Waals surface area contributed by atoms with Crippen LogP contribution in [0.5, 0.6) is 0 Å². The number of hydrogen-bond donors (Lipinski definition) is 2. The minimum atomic E-state index is -3.60. The minimum absolute atomic E-state index is 0.306. The van der Waals surface area contributed by atoms with Gasteiger partial charge in [0.15, 0.2) is 0 Å². The summed E-state index contributed by atoms with van der Waals surface area (Å²) in [5.74, 6) is 0. The van der Waals surface area contributed by atoms with Crippen LogP contribution in [0, 0.1) is 20.8 Å². The average Bonchev–Trinajstić information content (AvgIpc) is 2.43. The fraction of sp³-hybridized carbons (Fsp3) is 0.250. The van der Waals surface area contributed by atoms with Crippen molar-refractivity contribution in [3.05, 3.63) is 58.7 Å². The van der Waals surface area contributed by atoms with Crippen LogP contribution in [0.4, 0.5) is 5.69 Å². The molecule has 0 heterocycles. The Morgan fingerprint density at radius 3 is 2.33 bits per heavy atom. The highest BCUT2D eigenvalue weighted by atomic mass is 32.2. The second-order valence-corrected chi connectivity index (χ2v) is 6.88. The highest BCUT2D eigenvalue weighted by molar-refractivity contribution is 7.92. The summed E-state index contributed by atoms with van der Waals surface area (Å²) >= 11 is 0. The van der Waals surface area contributed by atoms with Gasteiger partial charge in [-0.1, -0.05) is 24.3 Å². The van der Waals surface area contributed by atoms with Gasteiger partial charge in [-0.15, -0.1) is 0 Å². The van der Waals surface area contributed by atoms with E-state index in [1.54, 1.807) is 19.1 Å². The number of sulfonamides is 1. The first-order valence-corrected chi connectivity index (χ1v) is 8.21. The van der Waals surface area contributed by atoms with Crippen molar-refractivity contribution in [2.45, 2.75) is 32.2 Å². The molecule has 2 aromatic carbocycles. The van der Waals surface area contributed by atoms with Crippen molar-refractivity contribution >= 4 is 15.7 Å². The molecule has 0 amide bonds. The molecule has 0 aromatic heterocycles. The number of anilines is 1. The lowest BCUT2D eigenvalue weighted by atomic mass is 10.1. The zero-order chi connectivity index (χ0) is 15.6. The van der Waals surface area contributed by atoms with Gasteiger partial charge >= 0.3 is 0 Å². The Bertz CT molecular complexity index is 768. The zero-order valence-corrected chi connectivity index (χ0v) is 13.3. The first-order valence-electron chi connectivity index (χ1n) is 6.73. The Morgan fingerprint density at radius 1 is 1.00 bits per heavy atom. The smallest absolute Gasteiger partial charge is 0.262 e. The Hall–Kier alpha value is -1.85. The fourth-order valence-corrected chi connectivity index (χ4v) is 3.55. The summed E-state index contributed by atoms with van der Waals surface area (Å²) in [4.78, 5) is 0.306. The Kier molecular flexibility index (Phi) is 4.34. The van der Waals surface area contributed by atoms with E-state index in [0.29, 0.717) is 17.1 Å². The van der Waals surface area contributed by atoms with Gasteiger partial charge in [0, 0.05) is 6.54 Å². The molecule has 0 aliphatic rings. The molecule has 0 saturated heterocycles. The standard InChI is InChI=1S/C16H20N2O2S/c1-11-4-5-13(3)16(8-11)21(19,20)18-15-9-14(10-17)7-6-12(15)2/h4-9,18H,10,17H2,1-3H3. The van der Waals surface area contributed by atoms with Crippen LogP contribution in [0.3, 0.4) is 0 Å². The van der Waals surface area contributed by atoms with Gasteiger partial charge in [0.05, 0.1) is 10.6 Å². The Labute approximate surface area is 126 Å². The largest absolute Gasteiger partial charge is 0.326 e. The quantitative estimate of drug-likeness (QED) is 0.912. The lowest BCUT2D eigenvalue weighted by Crippen LogP contribution is -2.15. The molecule has 5 heteroatoms. The van der Waals surface area contributed by atoms with Crippen molar-refractivity contribution in [2.24, 2.45) is 5.73 Å². The van der Waals surface area contributed by atoms with Crippen LogP contribution in [-0.4, -0.2) is 8.42 Å². The van der Waals surface area contributed by atoms with Crippen molar-refractivity contribution in [3.63, 3.8) is 0 Å². The highest BCUT2D eigenvalue weighted by Gasteiger charge is 2.18. The molecule has 0 spiro atoms. The minimum Gasteiger partial charge on any atom is -0.326 e. The van der Waals surface area contributed by atoms with E-state index in [1.807, 2.05) is 38.1 Å². The van der Waals surface area contributed by atoms with E-state index >= 15 is 0 Å². The SMILES string of the molecule is Cc1ccc(C)c(S(=O)(=O)Nc2cc(CN)ccc2C)c1. The van der Waals surface area contributed by atoms with Gasteiger partial charge < -0.3 is 5.73 Å². The average molecular weight is 304 g/mol. The molecule has 2 aromatic rings. The third kappa shape index (κ3) is 3.43. The van der Waals surface area contributed by atoms with Gasteiger partial charge in [0.1, 0.15) is 0 Å². The summed E-state index contributed by atoms with van der Waals surface area (Å²) in [5.41, 5.74) is 9.56. The number of rotatable bonds is 4. The molecule has 2 rings (SSSR count). The maximum atomic E-state index is 12.6. The molecule has 0 atom stereocenters. The third-order valence-electron chi connectivity index (χ3n) is 3.42. The third-order valence-corrected chi connectivity index (χ3v) is 4.92. The number of aryl methyl sites for hydroxylation is 3. The maximum Gasteiger partial charge on any atom is 0.262 e. The number of nitrogens with two attached hydrogens (primary N) is 1. The predicted octanol–water partition coefficient (Wildman–Crippen LogP) is 2.87. The normalized spacial score (nSPS) is 11.4. The number of benzene rings is 2. The summed E-state index contributed by atoms with van der Waals surface area (Å²) in [5, 5.41) is 0. The van der Waals surface area contributed by atoms with Gasteiger partial charge in [-0.3, -0.25) is 4.72 Å². The van der Waals surface area contributed by atoms with Gasteiger partial charge in [0.25, 0.3) is 10.0 Å². The molecule has 0 bridgehead atoms. The molecule has 4 nitrogen and oxygen atoms in total. The van der Waals surface area contributed by atoms with Crippen molar-refractivity contribution in [3.8, 4) is 0 Å².